The van der Waals surface area contributed by atoms with Crippen molar-refractivity contribution in [2.45, 2.75) is 0 Å². The van der Waals surface area contributed by atoms with Gasteiger partial charge in [-0.25, -0.2) is 0 Å². The molecular formula is C58H34. The molecule has 0 aromatic heterocycles. The maximum Gasteiger partial charge on any atom is -0.00206 e. The summed E-state index contributed by atoms with van der Waals surface area (Å²) in [5, 5.41) is 23.0. The Morgan fingerprint density at radius 3 is 1.19 bits per heavy atom. The van der Waals surface area contributed by atoms with Crippen molar-refractivity contribution in [2.24, 2.45) is 0 Å². The molecule has 0 fully saturated rings. The van der Waals surface area contributed by atoms with Crippen LogP contribution in [0, 0.1) is 0 Å². The third-order valence-corrected chi connectivity index (χ3v) is 12.9. The monoisotopic (exact) mass is 730 g/mol. The quantitative estimate of drug-likeness (QED) is 0.125. The first-order chi connectivity index (χ1) is 28.7. The molecule has 0 aliphatic carbocycles. The molecule has 0 atom stereocenters. The van der Waals surface area contributed by atoms with Crippen molar-refractivity contribution in [1.29, 1.82) is 0 Å². The number of benzene rings is 13. The van der Waals surface area contributed by atoms with E-state index in [1.807, 2.05) is 0 Å². The molecule has 13 aromatic carbocycles. The molecule has 0 aliphatic rings. The molecule has 0 radical (unpaired) electrons. The first-order valence-electron chi connectivity index (χ1n) is 20.2. The second-order valence-electron chi connectivity index (χ2n) is 16.0. The largest absolute Gasteiger partial charge is 0.0616 e. The summed E-state index contributed by atoms with van der Waals surface area (Å²) in [6, 6.07) is 77.5. The standard InChI is InChI=1S/C58H34/c1-3-10-40-30-47-32-45(20-18-42(47)28-38(40)8-1)56-50-14-5-6-15-51(50)57(46-21-19-43-29-39-9-2-4-11-41(39)31-48(43)33-46)54-34-44(24-27-53(54)56)49-25-22-37-17-16-35-12-7-13-36-23-26-52(49)58(37)55(35)36/h1-34H. The lowest BCUT2D eigenvalue weighted by atomic mass is 9.83. The fourth-order valence-corrected chi connectivity index (χ4v) is 10.1. The molecule has 13 rings (SSSR count). The van der Waals surface area contributed by atoms with Crippen LogP contribution >= 0.6 is 0 Å². The average molecular weight is 731 g/mol. The number of hydrogen-bond donors (Lipinski definition) is 0. The Kier molecular flexibility index (Phi) is 6.54. The summed E-state index contributed by atoms with van der Waals surface area (Å²) in [4.78, 5) is 0. The summed E-state index contributed by atoms with van der Waals surface area (Å²) >= 11 is 0. The zero-order valence-corrected chi connectivity index (χ0v) is 31.6. The van der Waals surface area contributed by atoms with E-state index in [4.69, 9.17) is 0 Å². The Balaban J connectivity index is 1.12. The molecule has 0 bridgehead atoms. The lowest BCUT2D eigenvalue weighted by Gasteiger charge is -2.20. The van der Waals surface area contributed by atoms with Gasteiger partial charge in [-0.15, -0.1) is 0 Å². The van der Waals surface area contributed by atoms with Gasteiger partial charge in [-0.05, 0) is 173 Å². The normalized spacial score (nSPS) is 12.1. The zero-order chi connectivity index (χ0) is 37.9. The molecule has 13 aromatic rings. The lowest BCUT2D eigenvalue weighted by Crippen LogP contribution is -1.93. The molecule has 0 heteroatoms. The maximum absolute atomic E-state index is 2.48. The molecule has 0 N–H and O–H groups in total. The van der Waals surface area contributed by atoms with Crippen LogP contribution in [0.3, 0.4) is 0 Å². The van der Waals surface area contributed by atoms with Crippen LogP contribution in [0.15, 0.2) is 206 Å². The second-order valence-corrected chi connectivity index (χ2v) is 16.0. The van der Waals surface area contributed by atoms with E-state index in [-0.39, 0.29) is 0 Å². The molecule has 0 aliphatic heterocycles. The van der Waals surface area contributed by atoms with Crippen LogP contribution < -0.4 is 0 Å². The van der Waals surface area contributed by atoms with Crippen LogP contribution in [0.4, 0.5) is 0 Å². The minimum absolute atomic E-state index is 1.23. The number of fused-ring (bicyclic) bond motifs is 6. The summed E-state index contributed by atoms with van der Waals surface area (Å²) in [5.41, 5.74) is 7.50. The van der Waals surface area contributed by atoms with Gasteiger partial charge >= 0.3 is 0 Å². The third-order valence-electron chi connectivity index (χ3n) is 12.9. The van der Waals surface area contributed by atoms with E-state index in [2.05, 4.69) is 206 Å². The van der Waals surface area contributed by atoms with Crippen molar-refractivity contribution in [3.05, 3.63) is 206 Å². The van der Waals surface area contributed by atoms with Crippen LogP contribution in [0.1, 0.15) is 0 Å². The minimum Gasteiger partial charge on any atom is -0.0616 e. The van der Waals surface area contributed by atoms with Crippen LogP contribution in [0.2, 0.25) is 0 Å². The van der Waals surface area contributed by atoms with Crippen molar-refractivity contribution >= 4 is 97.0 Å². The lowest BCUT2D eigenvalue weighted by molar-refractivity contribution is 1.67. The van der Waals surface area contributed by atoms with Crippen molar-refractivity contribution < 1.29 is 0 Å². The molecule has 266 valence electrons. The van der Waals surface area contributed by atoms with Gasteiger partial charge in [0.2, 0.25) is 0 Å². The van der Waals surface area contributed by atoms with Gasteiger partial charge < -0.3 is 0 Å². The van der Waals surface area contributed by atoms with Gasteiger partial charge in [0.25, 0.3) is 0 Å². The minimum atomic E-state index is 1.23. The van der Waals surface area contributed by atoms with Crippen LogP contribution in [-0.2, 0) is 0 Å². The highest BCUT2D eigenvalue weighted by atomic mass is 14.2. The van der Waals surface area contributed by atoms with E-state index < -0.39 is 0 Å². The summed E-state index contributed by atoms with van der Waals surface area (Å²) < 4.78 is 0. The molecule has 0 amide bonds. The average Bonchev–Trinajstić information content (AvgIpc) is 3.28. The highest BCUT2D eigenvalue weighted by molar-refractivity contribution is 6.27. The van der Waals surface area contributed by atoms with E-state index in [1.54, 1.807) is 0 Å². The van der Waals surface area contributed by atoms with Crippen molar-refractivity contribution in [3.63, 3.8) is 0 Å². The predicted molar refractivity (Wildman–Crippen MR) is 251 cm³/mol. The summed E-state index contributed by atoms with van der Waals surface area (Å²) in [6.45, 7) is 0. The number of rotatable bonds is 3. The first kappa shape index (κ1) is 31.6. The SMILES string of the molecule is c1ccc2cc3cc(-c4c5ccccc5c(-c5ccc6cc7ccccc7cc6c5)c5cc(-c6ccc7ccc8cccc9ccc6c7c89)ccc45)ccc3cc2c1. The molecule has 0 spiro atoms. The first-order valence-corrected chi connectivity index (χ1v) is 20.2. The highest BCUT2D eigenvalue weighted by Crippen LogP contribution is 2.47. The third kappa shape index (κ3) is 4.63. The topological polar surface area (TPSA) is 0 Å². The summed E-state index contributed by atoms with van der Waals surface area (Å²) in [5.74, 6) is 0. The Morgan fingerprint density at radius 2 is 0.586 bits per heavy atom. The van der Waals surface area contributed by atoms with E-state index in [0.717, 1.165) is 0 Å². The molecule has 0 unspecified atom stereocenters. The number of hydrogen-bond acceptors (Lipinski definition) is 0. The fraction of sp³-hybridized carbons (Fsp3) is 0. The molecule has 0 nitrogen and oxygen atoms in total. The van der Waals surface area contributed by atoms with Crippen LogP contribution in [-0.4, -0.2) is 0 Å². The van der Waals surface area contributed by atoms with Gasteiger partial charge in [0.15, 0.2) is 0 Å². The molecule has 0 saturated heterocycles. The van der Waals surface area contributed by atoms with Gasteiger partial charge in [0.05, 0.1) is 0 Å². The predicted octanol–water partition coefficient (Wildman–Crippen LogP) is 16.5. The summed E-state index contributed by atoms with van der Waals surface area (Å²) in [7, 11) is 0. The fourth-order valence-electron chi connectivity index (χ4n) is 10.1. The zero-order valence-electron chi connectivity index (χ0n) is 31.6. The van der Waals surface area contributed by atoms with Crippen molar-refractivity contribution in [1.82, 2.24) is 0 Å². The van der Waals surface area contributed by atoms with Crippen LogP contribution in [0.25, 0.3) is 130 Å². The van der Waals surface area contributed by atoms with E-state index in [0.29, 0.717) is 0 Å². The van der Waals surface area contributed by atoms with Crippen molar-refractivity contribution in [3.8, 4) is 33.4 Å². The Labute approximate surface area is 335 Å². The smallest absolute Gasteiger partial charge is 0.00206 e. The van der Waals surface area contributed by atoms with Crippen LogP contribution in [0.5, 0.6) is 0 Å². The summed E-state index contributed by atoms with van der Waals surface area (Å²) in [6.07, 6.45) is 0. The van der Waals surface area contributed by atoms with Crippen molar-refractivity contribution in [2.75, 3.05) is 0 Å². The van der Waals surface area contributed by atoms with Gasteiger partial charge in [0.1, 0.15) is 0 Å². The molecule has 0 heterocycles. The molecule has 58 heavy (non-hydrogen) atoms. The molecular weight excluding hydrogens is 697 g/mol. The van der Waals surface area contributed by atoms with E-state index in [1.165, 1.54) is 130 Å². The highest BCUT2D eigenvalue weighted by Gasteiger charge is 2.20. The van der Waals surface area contributed by atoms with E-state index in [9.17, 15) is 0 Å². The van der Waals surface area contributed by atoms with E-state index >= 15 is 0 Å². The Morgan fingerprint density at radius 1 is 0.190 bits per heavy atom. The van der Waals surface area contributed by atoms with Gasteiger partial charge in [-0.1, -0.05) is 164 Å². The Bertz CT molecular complexity index is 3830. The van der Waals surface area contributed by atoms with Gasteiger partial charge in [-0.2, -0.15) is 0 Å². The van der Waals surface area contributed by atoms with Gasteiger partial charge in [0, 0.05) is 0 Å². The molecule has 0 saturated carbocycles. The second kappa shape index (κ2) is 12.0. The van der Waals surface area contributed by atoms with Gasteiger partial charge in [-0.3, -0.25) is 0 Å². The Hall–Kier alpha value is -7.54. The maximum atomic E-state index is 2.48.